The summed E-state index contributed by atoms with van der Waals surface area (Å²) in [5.74, 6) is -0.385. The van der Waals surface area contributed by atoms with E-state index in [1.165, 1.54) is 12.1 Å². The van der Waals surface area contributed by atoms with E-state index in [9.17, 15) is 9.50 Å². The van der Waals surface area contributed by atoms with Gasteiger partial charge in [-0.15, -0.1) is 12.4 Å². The lowest BCUT2D eigenvalue weighted by Gasteiger charge is -2.34. The maximum absolute atomic E-state index is 13.7. The van der Waals surface area contributed by atoms with E-state index in [0.29, 0.717) is 0 Å². The van der Waals surface area contributed by atoms with Gasteiger partial charge >= 0.3 is 0 Å². The van der Waals surface area contributed by atoms with Crippen molar-refractivity contribution in [1.82, 2.24) is 0 Å². The van der Waals surface area contributed by atoms with E-state index in [1.807, 2.05) is 0 Å². The molecule has 2 nitrogen and oxygen atoms in total. The summed E-state index contributed by atoms with van der Waals surface area (Å²) in [5, 5.41) is 10.4. The highest BCUT2D eigenvalue weighted by Gasteiger charge is 2.33. The Balaban J connectivity index is 0.00000162. The number of rotatable bonds is 3. The fourth-order valence-corrected chi connectivity index (χ4v) is 2.54. The van der Waals surface area contributed by atoms with Crippen LogP contribution in [0.5, 0.6) is 0 Å². The van der Waals surface area contributed by atoms with Crippen LogP contribution in [0.15, 0.2) is 12.1 Å². The van der Waals surface area contributed by atoms with Gasteiger partial charge in [-0.3, -0.25) is 0 Å². The Bertz CT molecular complexity index is 426. The molecule has 0 spiro atoms. The largest absolute Gasteiger partial charge is 0.391 e. The van der Waals surface area contributed by atoms with Crippen LogP contribution in [-0.2, 0) is 0 Å². The molecule has 0 aromatic heterocycles. The molecule has 6 heteroatoms. The number of benzene rings is 1. The summed E-state index contributed by atoms with van der Waals surface area (Å²) in [6, 6.07) is 1.77. The van der Waals surface area contributed by atoms with Gasteiger partial charge in [-0.2, -0.15) is 0 Å². The van der Waals surface area contributed by atoms with Crippen molar-refractivity contribution in [2.24, 2.45) is 11.7 Å². The Morgan fingerprint density at radius 2 is 1.94 bits per heavy atom. The van der Waals surface area contributed by atoms with Gasteiger partial charge in [-0.1, -0.05) is 29.6 Å². The number of hydrogen-bond donors (Lipinski definition) is 2. The highest BCUT2D eigenvalue weighted by atomic mass is 35.5. The zero-order valence-corrected chi connectivity index (χ0v) is 11.9. The molecule has 1 aliphatic carbocycles. The first-order valence-corrected chi connectivity index (χ1v) is 6.35. The zero-order chi connectivity index (χ0) is 12.6. The van der Waals surface area contributed by atoms with E-state index in [0.717, 1.165) is 19.3 Å². The molecule has 0 unspecified atom stereocenters. The second-order valence-electron chi connectivity index (χ2n) is 4.46. The Morgan fingerprint density at radius 3 is 2.44 bits per heavy atom. The second-order valence-corrected chi connectivity index (χ2v) is 5.25. The van der Waals surface area contributed by atoms with E-state index in [1.54, 1.807) is 0 Å². The first kappa shape index (κ1) is 16.0. The van der Waals surface area contributed by atoms with E-state index in [2.05, 4.69) is 0 Å². The Labute approximate surface area is 122 Å². The Hall–Kier alpha value is -0.0600. The van der Waals surface area contributed by atoms with Crippen LogP contribution in [0.4, 0.5) is 4.39 Å². The molecule has 1 aromatic rings. The number of hydrogen-bond acceptors (Lipinski definition) is 2. The fourth-order valence-electron chi connectivity index (χ4n) is 2.09. The van der Waals surface area contributed by atoms with Crippen LogP contribution in [0.25, 0.3) is 0 Å². The molecule has 3 N–H and O–H groups in total. The van der Waals surface area contributed by atoms with Crippen molar-refractivity contribution in [3.63, 3.8) is 0 Å². The van der Waals surface area contributed by atoms with Crippen molar-refractivity contribution >= 4 is 35.6 Å². The number of halogens is 4. The van der Waals surface area contributed by atoms with Crippen molar-refractivity contribution in [2.75, 3.05) is 0 Å². The molecule has 1 aromatic carbocycles. The van der Waals surface area contributed by atoms with Crippen LogP contribution in [-0.4, -0.2) is 11.2 Å². The maximum Gasteiger partial charge on any atom is 0.129 e. The molecule has 102 valence electrons. The highest BCUT2D eigenvalue weighted by Crippen LogP contribution is 2.38. The number of aliphatic hydroxyl groups is 1. The van der Waals surface area contributed by atoms with Crippen molar-refractivity contribution in [1.29, 1.82) is 0 Å². The quantitative estimate of drug-likeness (QED) is 0.835. The van der Waals surface area contributed by atoms with Gasteiger partial charge in [0.1, 0.15) is 5.82 Å². The van der Waals surface area contributed by atoms with Gasteiger partial charge in [0.25, 0.3) is 0 Å². The minimum Gasteiger partial charge on any atom is -0.391 e. The van der Waals surface area contributed by atoms with Gasteiger partial charge in [0.05, 0.1) is 22.2 Å². The highest BCUT2D eigenvalue weighted by molar-refractivity contribution is 6.42. The van der Waals surface area contributed by atoms with Gasteiger partial charge < -0.3 is 10.8 Å². The van der Waals surface area contributed by atoms with Crippen LogP contribution in [0.2, 0.25) is 10.0 Å². The van der Waals surface area contributed by atoms with Crippen LogP contribution < -0.4 is 5.73 Å². The average Bonchev–Trinajstić information content (AvgIpc) is 2.21. The van der Waals surface area contributed by atoms with Crippen molar-refractivity contribution in [2.45, 2.75) is 31.4 Å². The molecule has 0 heterocycles. The topological polar surface area (TPSA) is 46.2 Å². The molecule has 0 aliphatic heterocycles. The smallest absolute Gasteiger partial charge is 0.129 e. The maximum atomic E-state index is 13.7. The monoisotopic (exact) mass is 313 g/mol. The van der Waals surface area contributed by atoms with E-state index >= 15 is 0 Å². The SMILES string of the molecule is Cl.N[C@H](c1c(F)ccc(Cl)c1Cl)[C@@H](O)C1CCC1. The molecule has 18 heavy (non-hydrogen) atoms. The lowest BCUT2D eigenvalue weighted by Crippen LogP contribution is -2.37. The van der Waals surface area contributed by atoms with Gasteiger partial charge in [0, 0.05) is 5.56 Å². The minimum atomic E-state index is -0.827. The third-order valence-electron chi connectivity index (χ3n) is 3.41. The normalized spacial score (nSPS) is 18.7. The molecule has 0 saturated heterocycles. The van der Waals surface area contributed by atoms with Crippen LogP contribution in [0.1, 0.15) is 30.9 Å². The zero-order valence-electron chi connectivity index (χ0n) is 9.57. The molecule has 1 saturated carbocycles. The lowest BCUT2D eigenvalue weighted by molar-refractivity contribution is 0.0405. The molecule has 1 aliphatic rings. The summed E-state index contributed by atoms with van der Waals surface area (Å²) in [7, 11) is 0. The summed E-state index contributed by atoms with van der Waals surface area (Å²) in [6.45, 7) is 0. The van der Waals surface area contributed by atoms with Crippen LogP contribution in [0.3, 0.4) is 0 Å². The summed E-state index contributed by atoms with van der Waals surface area (Å²) in [5.41, 5.74) is 6.00. The molecule has 0 bridgehead atoms. The lowest BCUT2D eigenvalue weighted by atomic mass is 9.77. The number of aliphatic hydroxyl groups excluding tert-OH is 1. The third-order valence-corrected chi connectivity index (χ3v) is 4.23. The van der Waals surface area contributed by atoms with Crippen molar-refractivity contribution < 1.29 is 9.50 Å². The van der Waals surface area contributed by atoms with Crippen LogP contribution in [0, 0.1) is 11.7 Å². The average molecular weight is 315 g/mol. The molecule has 0 radical (unpaired) electrons. The molecular formula is C12H15Cl3FNO. The van der Waals surface area contributed by atoms with Crippen LogP contribution >= 0.6 is 35.6 Å². The van der Waals surface area contributed by atoms with Crippen molar-refractivity contribution in [3.05, 3.63) is 33.6 Å². The molecule has 1 fully saturated rings. The fraction of sp³-hybridized carbons (Fsp3) is 0.500. The summed E-state index contributed by atoms with van der Waals surface area (Å²) in [6.07, 6.45) is 2.16. The predicted octanol–water partition coefficient (Wildman–Crippen LogP) is 3.72. The third kappa shape index (κ3) is 2.91. The molecular weight excluding hydrogens is 299 g/mol. The summed E-state index contributed by atoms with van der Waals surface area (Å²) >= 11 is 11.8. The predicted molar refractivity (Wildman–Crippen MR) is 73.9 cm³/mol. The molecule has 2 atom stereocenters. The number of nitrogens with two attached hydrogens (primary N) is 1. The molecule has 2 rings (SSSR count). The van der Waals surface area contributed by atoms with Gasteiger partial charge in [0.15, 0.2) is 0 Å². The second kappa shape index (κ2) is 6.40. The van der Waals surface area contributed by atoms with Crippen molar-refractivity contribution in [3.8, 4) is 0 Å². The summed E-state index contributed by atoms with van der Waals surface area (Å²) in [4.78, 5) is 0. The Morgan fingerprint density at radius 1 is 1.33 bits per heavy atom. The first-order valence-electron chi connectivity index (χ1n) is 5.59. The Kier molecular flexibility index (Phi) is 5.68. The minimum absolute atomic E-state index is 0. The van der Waals surface area contributed by atoms with Gasteiger partial charge in [-0.05, 0) is 30.9 Å². The standard InChI is InChI=1S/C12H14Cl2FNO.ClH/c13-7-4-5-8(15)9(10(7)14)11(16)12(17)6-2-1-3-6;/h4-6,11-12,17H,1-3,16H2;1H/t11-,12+;/m1./s1. The van der Waals surface area contributed by atoms with E-state index in [-0.39, 0.29) is 33.9 Å². The van der Waals surface area contributed by atoms with E-state index < -0.39 is 18.0 Å². The van der Waals surface area contributed by atoms with Gasteiger partial charge in [0.2, 0.25) is 0 Å². The van der Waals surface area contributed by atoms with E-state index in [4.69, 9.17) is 28.9 Å². The van der Waals surface area contributed by atoms with Gasteiger partial charge in [-0.25, -0.2) is 4.39 Å². The first-order chi connectivity index (χ1) is 8.02. The molecule has 0 amide bonds. The summed E-state index contributed by atoms with van der Waals surface area (Å²) < 4.78 is 13.7.